The second-order valence-corrected chi connectivity index (χ2v) is 8.86. The lowest BCUT2D eigenvalue weighted by Crippen LogP contribution is -2.30. The first-order valence-electron chi connectivity index (χ1n) is 12.3. The number of nitrogens with zero attached hydrogens (tertiary/aromatic N) is 4. The summed E-state index contributed by atoms with van der Waals surface area (Å²) in [6.45, 7) is 4.73. The smallest absolute Gasteiger partial charge is 0.475 e. The molecule has 0 aromatic carbocycles. The van der Waals surface area contributed by atoms with Gasteiger partial charge in [-0.2, -0.15) is 44.6 Å². The van der Waals surface area contributed by atoms with Crippen LogP contribution in [0.1, 0.15) is 17.1 Å². The summed E-state index contributed by atoms with van der Waals surface area (Å²) in [6.07, 6.45) is -9.85. The van der Waals surface area contributed by atoms with E-state index in [1.807, 2.05) is 36.5 Å². The van der Waals surface area contributed by atoms with E-state index in [1.165, 1.54) is 5.69 Å². The van der Waals surface area contributed by atoms with Gasteiger partial charge in [-0.05, 0) is 30.3 Å². The minimum Gasteiger partial charge on any atom is -0.475 e. The minimum absolute atomic E-state index is 0.375. The fraction of sp³-hybridized carbons (Fsp3) is 0.400. The Hall–Kier alpha value is -4.66. The van der Waals surface area contributed by atoms with Crippen molar-refractivity contribution in [3.63, 3.8) is 0 Å². The molecule has 256 valence electrons. The average molecular weight is 680 g/mol. The molecule has 0 radical (unpaired) electrons. The van der Waals surface area contributed by atoms with Crippen LogP contribution in [0.4, 0.5) is 39.5 Å². The number of ether oxygens (including phenoxy) is 1. The topological polar surface area (TPSA) is 168 Å². The maximum absolute atomic E-state index is 10.6. The molecule has 0 spiro atoms. The van der Waals surface area contributed by atoms with E-state index in [-0.39, 0.29) is 0 Å². The summed E-state index contributed by atoms with van der Waals surface area (Å²) >= 11 is 0. The number of hydrogen-bond donors (Lipinski definition) is 3. The molecule has 0 saturated heterocycles. The summed E-state index contributed by atoms with van der Waals surface area (Å²) < 4.78 is 109. The minimum atomic E-state index is -5.08. The summed E-state index contributed by atoms with van der Waals surface area (Å²) in [5.41, 5.74) is 2.20. The van der Waals surface area contributed by atoms with Crippen LogP contribution in [0.5, 0.6) is 0 Å². The third-order valence-corrected chi connectivity index (χ3v) is 5.15. The van der Waals surface area contributed by atoms with E-state index in [1.54, 1.807) is 12.5 Å². The molecular weight excluding hydrogens is 655 g/mol. The van der Waals surface area contributed by atoms with Gasteiger partial charge in [-0.1, -0.05) is 6.07 Å². The average Bonchev–Trinajstić information content (AvgIpc) is 3.58. The standard InChI is InChI=1S/C19H22N4O2.3C2HF3O2/c1-2-7-20-17(4-1)15-24-14-16-10-22(13-19-5-3-9-25-19)12-18-6-8-21-23(18)11-16;3*3-2(4,5)1(6)7/h1-9,16H,10-15H2;3*(H,6,7). The second-order valence-electron chi connectivity index (χ2n) is 8.86. The highest BCUT2D eigenvalue weighted by molar-refractivity contribution is 5.73. The Morgan fingerprint density at radius 3 is 1.85 bits per heavy atom. The molecule has 46 heavy (non-hydrogen) atoms. The molecule has 21 heteroatoms. The van der Waals surface area contributed by atoms with Crippen molar-refractivity contribution in [1.82, 2.24) is 19.7 Å². The number of aromatic nitrogens is 3. The number of pyridine rings is 1. The molecule has 0 amide bonds. The highest BCUT2D eigenvalue weighted by Gasteiger charge is 2.39. The molecule has 0 aliphatic carbocycles. The number of carbonyl (C=O) groups is 3. The molecule has 1 aliphatic rings. The Bertz CT molecular complexity index is 1290. The Morgan fingerprint density at radius 2 is 1.39 bits per heavy atom. The van der Waals surface area contributed by atoms with Gasteiger partial charge in [0.2, 0.25) is 0 Å². The zero-order chi connectivity index (χ0) is 35.1. The molecule has 1 unspecified atom stereocenters. The first kappa shape index (κ1) is 39.4. The zero-order valence-corrected chi connectivity index (χ0v) is 23.1. The quantitative estimate of drug-likeness (QED) is 0.311. The number of aliphatic carboxylic acids is 3. The lowest BCUT2D eigenvalue weighted by molar-refractivity contribution is -0.193. The number of fused-ring (bicyclic) bond motifs is 1. The van der Waals surface area contributed by atoms with Gasteiger partial charge in [0, 0.05) is 37.9 Å². The van der Waals surface area contributed by atoms with Crippen molar-refractivity contribution in [2.75, 3.05) is 13.2 Å². The van der Waals surface area contributed by atoms with E-state index in [0.717, 1.165) is 37.6 Å². The Morgan fingerprint density at radius 1 is 0.826 bits per heavy atom. The van der Waals surface area contributed by atoms with Gasteiger partial charge in [0.15, 0.2) is 0 Å². The molecule has 1 atom stereocenters. The summed E-state index contributed by atoms with van der Waals surface area (Å²) in [7, 11) is 0. The van der Waals surface area contributed by atoms with Gasteiger partial charge in [-0.15, -0.1) is 0 Å². The molecule has 0 saturated carbocycles. The summed E-state index contributed by atoms with van der Waals surface area (Å²) in [6, 6.07) is 11.9. The van der Waals surface area contributed by atoms with Crippen LogP contribution in [-0.2, 0) is 45.4 Å². The lowest BCUT2D eigenvalue weighted by atomic mass is 10.1. The van der Waals surface area contributed by atoms with Crippen molar-refractivity contribution in [1.29, 1.82) is 0 Å². The van der Waals surface area contributed by atoms with E-state index in [0.29, 0.717) is 19.1 Å². The Labute approximate surface area is 252 Å². The van der Waals surface area contributed by atoms with Crippen molar-refractivity contribution in [3.8, 4) is 0 Å². The summed E-state index contributed by atoms with van der Waals surface area (Å²) in [5, 5.41) is 25.8. The molecule has 3 aromatic rings. The monoisotopic (exact) mass is 680 g/mol. The maximum Gasteiger partial charge on any atom is 0.490 e. The molecule has 3 N–H and O–H groups in total. The molecule has 0 fully saturated rings. The number of carboxylic acids is 3. The fourth-order valence-corrected chi connectivity index (χ4v) is 3.28. The molecule has 4 rings (SSSR count). The van der Waals surface area contributed by atoms with Crippen LogP contribution in [0.3, 0.4) is 0 Å². The van der Waals surface area contributed by atoms with E-state index in [9.17, 15) is 39.5 Å². The van der Waals surface area contributed by atoms with Crippen molar-refractivity contribution < 1.29 is 78.4 Å². The van der Waals surface area contributed by atoms with E-state index < -0.39 is 36.4 Å². The third-order valence-electron chi connectivity index (χ3n) is 5.15. The van der Waals surface area contributed by atoms with Crippen molar-refractivity contribution in [3.05, 3.63) is 72.2 Å². The maximum atomic E-state index is 10.6. The molecule has 1 aliphatic heterocycles. The van der Waals surface area contributed by atoms with Crippen LogP contribution in [-0.4, -0.2) is 84.6 Å². The summed E-state index contributed by atoms with van der Waals surface area (Å²) in [4.78, 5) is 33.4. The molecular formula is C25H25F9N4O8. The van der Waals surface area contributed by atoms with Crippen molar-refractivity contribution in [2.45, 2.75) is 44.8 Å². The van der Waals surface area contributed by atoms with Crippen LogP contribution in [0.2, 0.25) is 0 Å². The highest BCUT2D eigenvalue weighted by atomic mass is 19.4. The van der Waals surface area contributed by atoms with Crippen molar-refractivity contribution in [2.24, 2.45) is 5.92 Å². The van der Waals surface area contributed by atoms with E-state index in [4.69, 9.17) is 38.9 Å². The number of furan rings is 1. The third kappa shape index (κ3) is 15.9. The second kappa shape index (κ2) is 17.7. The molecule has 4 heterocycles. The fourth-order valence-electron chi connectivity index (χ4n) is 3.28. The van der Waals surface area contributed by atoms with Gasteiger partial charge in [-0.25, -0.2) is 14.4 Å². The first-order valence-corrected chi connectivity index (χ1v) is 12.3. The molecule has 3 aromatic heterocycles. The predicted molar refractivity (Wildman–Crippen MR) is 134 cm³/mol. The van der Waals surface area contributed by atoms with Crippen LogP contribution in [0.25, 0.3) is 0 Å². The van der Waals surface area contributed by atoms with Gasteiger partial charge in [0.05, 0.1) is 37.4 Å². The van der Waals surface area contributed by atoms with Gasteiger partial charge in [0.1, 0.15) is 5.76 Å². The van der Waals surface area contributed by atoms with Gasteiger partial charge in [0.25, 0.3) is 0 Å². The number of carboxylic acid groups (broad SMARTS) is 3. The first-order chi connectivity index (χ1) is 21.2. The van der Waals surface area contributed by atoms with Crippen LogP contribution in [0, 0.1) is 5.92 Å². The highest BCUT2D eigenvalue weighted by Crippen LogP contribution is 2.19. The Kier molecular flexibility index (Phi) is 15.2. The van der Waals surface area contributed by atoms with Crippen LogP contribution in [0.15, 0.2) is 59.5 Å². The normalized spacial score (nSPS) is 14.9. The number of alkyl halides is 9. The number of halogens is 9. The number of hydrogen-bond acceptors (Lipinski definition) is 8. The number of rotatable bonds is 6. The zero-order valence-electron chi connectivity index (χ0n) is 23.1. The predicted octanol–water partition coefficient (Wildman–Crippen LogP) is 4.62. The Balaban J connectivity index is 0.000000413. The van der Waals surface area contributed by atoms with E-state index in [2.05, 4.69) is 25.7 Å². The van der Waals surface area contributed by atoms with Gasteiger partial charge in [-0.3, -0.25) is 14.6 Å². The van der Waals surface area contributed by atoms with Gasteiger partial charge < -0.3 is 24.5 Å². The SMILES string of the molecule is O=C(O)C(F)(F)F.O=C(O)C(F)(F)F.O=C(O)C(F)(F)F.c1ccc(COCC2CN(Cc3ccco3)Cc3ccnn3C2)nc1. The van der Waals surface area contributed by atoms with Crippen molar-refractivity contribution >= 4 is 17.9 Å². The van der Waals surface area contributed by atoms with Gasteiger partial charge >= 0.3 is 36.4 Å². The molecule has 0 bridgehead atoms. The van der Waals surface area contributed by atoms with E-state index >= 15 is 0 Å². The largest absolute Gasteiger partial charge is 0.490 e. The molecule has 12 nitrogen and oxygen atoms in total. The lowest BCUT2D eigenvalue weighted by Gasteiger charge is -2.22. The summed E-state index contributed by atoms with van der Waals surface area (Å²) in [5.74, 6) is -6.91. The van der Waals surface area contributed by atoms with Crippen LogP contribution >= 0.6 is 0 Å². The van der Waals surface area contributed by atoms with Crippen LogP contribution < -0.4 is 0 Å².